The van der Waals surface area contributed by atoms with Gasteiger partial charge >= 0.3 is 0 Å². The molecule has 196 valence electrons. The van der Waals surface area contributed by atoms with E-state index in [1.54, 1.807) is 0 Å². The second kappa shape index (κ2) is 10.2. The summed E-state index contributed by atoms with van der Waals surface area (Å²) in [4.78, 5) is 0. The molecule has 8 aromatic carbocycles. The van der Waals surface area contributed by atoms with Gasteiger partial charge in [-0.2, -0.15) is 0 Å². The highest BCUT2D eigenvalue weighted by Gasteiger charge is 2.17. The number of fused-ring (bicyclic) bond motifs is 3. The minimum atomic E-state index is -0.379. The molecule has 0 N–H and O–H groups in total. The van der Waals surface area contributed by atoms with Crippen LogP contribution in [0.5, 0.6) is 0 Å². The highest BCUT2D eigenvalue weighted by Crippen LogP contribution is 2.45. The maximum absolute atomic E-state index is 9.85. The lowest BCUT2D eigenvalue weighted by Crippen LogP contribution is -1.92. The molecule has 0 saturated carbocycles. The van der Waals surface area contributed by atoms with Crippen molar-refractivity contribution in [2.24, 2.45) is 0 Å². The summed E-state index contributed by atoms with van der Waals surface area (Å²) in [6, 6.07) is 39.2. The van der Waals surface area contributed by atoms with Crippen LogP contribution in [0.4, 0.5) is 0 Å². The Bertz CT molecular complexity index is 2600. The first kappa shape index (κ1) is 18.1. The molecule has 0 aliphatic rings. The fourth-order valence-electron chi connectivity index (χ4n) is 5.85. The molecule has 0 aromatic heterocycles. The lowest BCUT2D eigenvalue weighted by molar-refractivity contribution is 1.61. The van der Waals surface area contributed by atoms with Crippen molar-refractivity contribution in [3.05, 3.63) is 170 Å². The Morgan fingerprint density at radius 3 is 1.55 bits per heavy atom. The van der Waals surface area contributed by atoms with Crippen molar-refractivity contribution in [3.8, 4) is 44.5 Å². The first-order valence-electron chi connectivity index (χ1n) is 17.5. The molecule has 0 bridgehead atoms. The smallest absolute Gasteiger partial charge is 0.0622 e. The van der Waals surface area contributed by atoms with E-state index in [0.717, 1.165) is 21.9 Å². The third-order valence-electron chi connectivity index (χ3n) is 7.88. The van der Waals surface area contributed by atoms with Crippen LogP contribution in [-0.4, -0.2) is 0 Å². The van der Waals surface area contributed by atoms with Gasteiger partial charge in [-0.05, 0) is 88.9 Å². The van der Waals surface area contributed by atoms with Gasteiger partial charge in [0.05, 0.1) is 9.60 Å². The molecule has 0 saturated heterocycles. The fraction of sp³-hybridized carbons (Fsp3) is 0. The van der Waals surface area contributed by atoms with E-state index in [2.05, 4.69) is 0 Å². The summed E-state index contributed by atoms with van der Waals surface area (Å²) in [5, 5.41) is 3.18. The maximum atomic E-state index is 9.85. The van der Waals surface area contributed by atoms with Gasteiger partial charge in [-0.1, -0.05) is 158 Å². The predicted octanol–water partition coefficient (Wildman–Crippen LogP) is 11.8. The van der Waals surface area contributed by atoms with Crippen molar-refractivity contribution >= 4 is 32.3 Å². The van der Waals surface area contributed by atoms with Gasteiger partial charge in [0.1, 0.15) is 0 Å². The molecule has 0 heterocycles. The zero-order valence-electron chi connectivity index (χ0n) is 29.6. The fourth-order valence-corrected chi connectivity index (χ4v) is 5.85. The van der Waals surface area contributed by atoms with Gasteiger partial charge in [0.15, 0.2) is 0 Å². The molecule has 0 fully saturated rings. The topological polar surface area (TPSA) is 0 Å². The molecule has 0 nitrogen and oxygen atoms in total. The Morgan fingerprint density at radius 2 is 0.833 bits per heavy atom. The Kier molecular flexibility index (Phi) is 4.38. The summed E-state index contributed by atoms with van der Waals surface area (Å²) in [5.74, 6) is 0. The van der Waals surface area contributed by atoms with Gasteiger partial charge in [-0.25, -0.2) is 0 Å². The van der Waals surface area contributed by atoms with Gasteiger partial charge in [-0.15, -0.1) is 0 Å². The standard InChI is InChI=1S/C42H28/c1-3-11-29(12-4-1)31-19-22-33(23-20-31)42-38-18-10-9-17-37(38)41(32-14-5-2-6-15-32)39-26-25-36(28-40(39)42)35-24-21-30-13-7-8-16-34(30)27-35/h1-28H/i9D,10D,17D,18D,25D,26D,28D. The Labute approximate surface area is 256 Å². The van der Waals surface area contributed by atoms with E-state index in [1.807, 2.05) is 127 Å². The molecule has 0 unspecified atom stereocenters. The number of hydrogen-bond acceptors (Lipinski definition) is 0. The van der Waals surface area contributed by atoms with Gasteiger partial charge < -0.3 is 0 Å². The van der Waals surface area contributed by atoms with E-state index in [9.17, 15) is 6.85 Å². The normalized spacial score (nSPS) is 13.7. The Balaban J connectivity index is 1.59. The summed E-state index contributed by atoms with van der Waals surface area (Å²) in [7, 11) is 0. The van der Waals surface area contributed by atoms with E-state index in [-0.39, 0.29) is 53.1 Å². The molecule has 0 aliphatic carbocycles. The molecule has 0 atom stereocenters. The summed E-state index contributed by atoms with van der Waals surface area (Å²) in [6.07, 6.45) is 0. The number of hydrogen-bond donors (Lipinski definition) is 0. The van der Waals surface area contributed by atoms with Gasteiger partial charge in [0.2, 0.25) is 0 Å². The minimum Gasteiger partial charge on any atom is -0.0622 e. The van der Waals surface area contributed by atoms with Crippen molar-refractivity contribution in [2.75, 3.05) is 0 Å². The molecule has 8 aromatic rings. The van der Waals surface area contributed by atoms with Crippen molar-refractivity contribution in [1.29, 1.82) is 0 Å². The quantitative estimate of drug-likeness (QED) is 0.195. The van der Waals surface area contributed by atoms with Crippen molar-refractivity contribution < 1.29 is 9.60 Å². The van der Waals surface area contributed by atoms with Gasteiger partial charge in [0.25, 0.3) is 0 Å². The van der Waals surface area contributed by atoms with E-state index in [4.69, 9.17) is 2.74 Å². The van der Waals surface area contributed by atoms with Crippen LogP contribution < -0.4 is 0 Å². The molecule has 0 aliphatic heterocycles. The van der Waals surface area contributed by atoms with E-state index in [0.29, 0.717) is 44.2 Å². The average Bonchev–Trinajstić information content (AvgIpc) is 3.15. The molecular weight excluding hydrogens is 504 g/mol. The minimum absolute atomic E-state index is 0.0277. The third kappa shape index (κ3) is 4.17. The van der Waals surface area contributed by atoms with Crippen molar-refractivity contribution in [2.45, 2.75) is 0 Å². The van der Waals surface area contributed by atoms with Crippen LogP contribution in [0.25, 0.3) is 76.8 Å². The number of benzene rings is 8. The van der Waals surface area contributed by atoms with E-state index < -0.39 is 0 Å². The zero-order valence-corrected chi connectivity index (χ0v) is 22.6. The maximum Gasteiger partial charge on any atom is 0.0636 e. The molecule has 0 radical (unpaired) electrons. The van der Waals surface area contributed by atoms with Gasteiger partial charge in [-0.3, -0.25) is 0 Å². The molecule has 0 spiro atoms. The molecule has 8 rings (SSSR count). The zero-order chi connectivity index (χ0) is 34.0. The second-order valence-corrected chi connectivity index (χ2v) is 10.4. The van der Waals surface area contributed by atoms with E-state index >= 15 is 0 Å². The summed E-state index contributed by atoms with van der Waals surface area (Å²) < 4.78 is 64.6. The lowest BCUT2D eigenvalue weighted by atomic mass is 9.84. The van der Waals surface area contributed by atoms with Crippen molar-refractivity contribution in [1.82, 2.24) is 0 Å². The predicted molar refractivity (Wildman–Crippen MR) is 181 cm³/mol. The van der Waals surface area contributed by atoms with Crippen molar-refractivity contribution in [3.63, 3.8) is 0 Å². The van der Waals surface area contributed by atoms with Crippen LogP contribution in [0, 0.1) is 0 Å². The summed E-state index contributed by atoms with van der Waals surface area (Å²) >= 11 is 0. The average molecular weight is 540 g/mol. The van der Waals surface area contributed by atoms with E-state index in [1.165, 1.54) is 0 Å². The first-order chi connectivity index (χ1) is 23.8. The largest absolute Gasteiger partial charge is 0.0636 e. The van der Waals surface area contributed by atoms with Gasteiger partial charge in [0, 0.05) is 0 Å². The molecular formula is C42H28. The molecule has 42 heavy (non-hydrogen) atoms. The molecule has 0 heteroatoms. The highest BCUT2D eigenvalue weighted by atomic mass is 14.2. The summed E-state index contributed by atoms with van der Waals surface area (Å²) in [5.41, 5.74) is 5.07. The van der Waals surface area contributed by atoms with Crippen LogP contribution in [0.3, 0.4) is 0 Å². The number of rotatable bonds is 4. The monoisotopic (exact) mass is 539 g/mol. The Morgan fingerprint density at radius 1 is 0.333 bits per heavy atom. The van der Waals surface area contributed by atoms with Crippen LogP contribution in [0.15, 0.2) is 170 Å². The lowest BCUT2D eigenvalue weighted by Gasteiger charge is -2.19. The second-order valence-electron chi connectivity index (χ2n) is 10.4. The summed E-state index contributed by atoms with van der Waals surface area (Å²) in [6.45, 7) is 0. The SMILES string of the molecule is [2H]c1c([2H])c([2H])c2c(-c3ccc(-c4ccccc4)cc3)c3c([2H])c(-c4ccc5ccccc5c4)c([2H])c([2H])c3c(-c3ccccc3)c2c1[2H]. The highest BCUT2D eigenvalue weighted by molar-refractivity contribution is 6.22. The van der Waals surface area contributed by atoms with Crippen LogP contribution in [0.2, 0.25) is 0 Å². The first-order valence-corrected chi connectivity index (χ1v) is 14.0. The van der Waals surface area contributed by atoms with Crippen LogP contribution in [-0.2, 0) is 0 Å². The van der Waals surface area contributed by atoms with Crippen LogP contribution in [0.1, 0.15) is 9.60 Å². The molecule has 0 amide bonds. The Hall–Kier alpha value is -5.46. The third-order valence-corrected chi connectivity index (χ3v) is 7.88. The van der Waals surface area contributed by atoms with Crippen LogP contribution >= 0.6 is 0 Å².